The van der Waals surface area contributed by atoms with Crippen molar-refractivity contribution in [2.24, 2.45) is 0 Å². The molecule has 20 heavy (non-hydrogen) atoms. The molecule has 2 aromatic carbocycles. The molecule has 0 fully saturated rings. The third-order valence-corrected chi connectivity index (χ3v) is 3.25. The molecule has 0 bridgehead atoms. The van der Waals surface area contributed by atoms with Gasteiger partial charge in [-0.05, 0) is 24.3 Å². The van der Waals surface area contributed by atoms with Crippen LogP contribution in [0.1, 0.15) is 10.4 Å². The number of ether oxygens (including phenoxy) is 1. The Kier molecular flexibility index (Phi) is 4.36. The van der Waals surface area contributed by atoms with Crippen molar-refractivity contribution >= 4 is 39.5 Å². The van der Waals surface area contributed by atoms with Crippen LogP contribution >= 0.6 is 27.5 Å². The Morgan fingerprint density at radius 3 is 2.60 bits per heavy atom. The number of halogens is 2. The summed E-state index contributed by atoms with van der Waals surface area (Å²) < 4.78 is 6.21. The summed E-state index contributed by atoms with van der Waals surface area (Å²) >= 11 is 9.17. The Morgan fingerprint density at radius 1 is 1.20 bits per heavy atom. The van der Waals surface area contributed by atoms with Crippen LogP contribution in [0, 0.1) is 10.1 Å². The molecule has 0 saturated carbocycles. The van der Waals surface area contributed by atoms with Crippen LogP contribution in [0.3, 0.4) is 0 Å². The Hall–Kier alpha value is -1.92. The fraction of sp³-hybridized carbons (Fsp3) is 0. The highest BCUT2D eigenvalue weighted by Crippen LogP contribution is 2.34. The van der Waals surface area contributed by atoms with Gasteiger partial charge in [-0.2, -0.15) is 0 Å². The van der Waals surface area contributed by atoms with E-state index in [0.29, 0.717) is 11.8 Å². The van der Waals surface area contributed by atoms with Gasteiger partial charge in [0.05, 0.1) is 21.6 Å². The smallest absolute Gasteiger partial charge is 0.273 e. The fourth-order valence-electron chi connectivity index (χ4n) is 1.51. The Bertz CT molecular complexity index is 690. The number of carbonyl (C=O) groups is 1. The molecule has 0 radical (unpaired) electrons. The van der Waals surface area contributed by atoms with Gasteiger partial charge < -0.3 is 4.74 Å². The average Bonchev–Trinajstić information content (AvgIpc) is 2.42. The van der Waals surface area contributed by atoms with E-state index in [1.807, 2.05) is 0 Å². The number of carbonyl (C=O) groups excluding carboxylic acids is 1. The molecule has 0 unspecified atom stereocenters. The number of nitro groups is 1. The molecule has 2 rings (SSSR count). The van der Waals surface area contributed by atoms with Crippen molar-refractivity contribution in [2.45, 2.75) is 0 Å². The lowest BCUT2D eigenvalue weighted by Crippen LogP contribution is -1.93. The Labute approximate surface area is 127 Å². The van der Waals surface area contributed by atoms with Crippen LogP contribution in [-0.2, 0) is 0 Å². The minimum atomic E-state index is -0.550. The highest BCUT2D eigenvalue weighted by Gasteiger charge is 2.13. The first-order valence-corrected chi connectivity index (χ1v) is 6.55. The summed E-state index contributed by atoms with van der Waals surface area (Å²) in [5.41, 5.74) is 0.163. The maximum Gasteiger partial charge on any atom is 0.273 e. The van der Waals surface area contributed by atoms with Crippen LogP contribution in [0.4, 0.5) is 5.69 Å². The van der Waals surface area contributed by atoms with E-state index in [1.54, 1.807) is 18.2 Å². The molecule has 0 aliphatic rings. The molecule has 0 saturated heterocycles. The molecule has 0 amide bonds. The number of nitro benzene ring substituents is 1. The Balaban J connectivity index is 2.41. The van der Waals surface area contributed by atoms with E-state index in [0.717, 1.165) is 4.47 Å². The normalized spacial score (nSPS) is 10.1. The molecule has 7 heteroatoms. The number of non-ortho nitro benzene ring substituents is 1. The van der Waals surface area contributed by atoms with E-state index < -0.39 is 4.92 Å². The molecule has 102 valence electrons. The highest BCUT2D eigenvalue weighted by atomic mass is 79.9. The van der Waals surface area contributed by atoms with Gasteiger partial charge in [0.2, 0.25) is 0 Å². The second-order valence-corrected chi connectivity index (χ2v) is 5.10. The average molecular weight is 357 g/mol. The van der Waals surface area contributed by atoms with E-state index in [2.05, 4.69) is 15.9 Å². The number of nitrogens with zero attached hydrogens (tertiary/aromatic N) is 1. The van der Waals surface area contributed by atoms with Crippen molar-refractivity contribution < 1.29 is 14.5 Å². The van der Waals surface area contributed by atoms with Crippen molar-refractivity contribution in [1.82, 2.24) is 0 Å². The van der Waals surface area contributed by atoms with Gasteiger partial charge in [-0.15, -0.1) is 0 Å². The van der Waals surface area contributed by atoms with Gasteiger partial charge in [-0.3, -0.25) is 14.9 Å². The van der Waals surface area contributed by atoms with E-state index >= 15 is 0 Å². The predicted molar refractivity (Wildman–Crippen MR) is 77.7 cm³/mol. The monoisotopic (exact) mass is 355 g/mol. The zero-order chi connectivity index (χ0) is 14.7. The van der Waals surface area contributed by atoms with Crippen molar-refractivity contribution in [3.05, 3.63) is 61.6 Å². The molecule has 0 spiro atoms. The maximum absolute atomic E-state index is 11.0. The van der Waals surface area contributed by atoms with Crippen LogP contribution in [0.2, 0.25) is 5.02 Å². The second-order valence-electron chi connectivity index (χ2n) is 3.77. The van der Waals surface area contributed by atoms with Crippen molar-refractivity contribution in [3.8, 4) is 11.5 Å². The number of aldehydes is 1. The summed E-state index contributed by atoms with van der Waals surface area (Å²) in [7, 11) is 0. The van der Waals surface area contributed by atoms with Crippen LogP contribution in [-0.4, -0.2) is 11.2 Å². The number of benzene rings is 2. The van der Waals surface area contributed by atoms with Crippen LogP contribution in [0.25, 0.3) is 0 Å². The fourth-order valence-corrected chi connectivity index (χ4v) is 2.04. The van der Waals surface area contributed by atoms with Gasteiger partial charge in [-0.25, -0.2) is 0 Å². The van der Waals surface area contributed by atoms with Gasteiger partial charge >= 0.3 is 0 Å². The Morgan fingerprint density at radius 2 is 1.95 bits per heavy atom. The van der Waals surface area contributed by atoms with E-state index in [1.165, 1.54) is 18.2 Å². The largest absolute Gasteiger partial charge is 0.455 e. The molecule has 2 aromatic rings. The van der Waals surface area contributed by atoms with Gasteiger partial charge in [0, 0.05) is 10.5 Å². The lowest BCUT2D eigenvalue weighted by atomic mass is 10.2. The third kappa shape index (κ3) is 3.15. The first-order chi connectivity index (χ1) is 9.51. The minimum absolute atomic E-state index is 0.117. The number of rotatable bonds is 4. The zero-order valence-electron chi connectivity index (χ0n) is 9.88. The third-order valence-electron chi connectivity index (χ3n) is 2.44. The van der Waals surface area contributed by atoms with Crippen molar-refractivity contribution in [3.63, 3.8) is 0 Å². The molecule has 0 heterocycles. The first-order valence-electron chi connectivity index (χ1n) is 5.38. The molecule has 0 N–H and O–H groups in total. The standard InChI is InChI=1S/C13H7BrClNO4/c14-9-1-4-12(8(5-9)7-17)20-13-6-10(16(18)19)2-3-11(13)15/h1-7H. The molecule has 0 aliphatic heterocycles. The van der Waals surface area contributed by atoms with E-state index in [9.17, 15) is 14.9 Å². The highest BCUT2D eigenvalue weighted by molar-refractivity contribution is 9.10. The first kappa shape index (κ1) is 14.5. The van der Waals surface area contributed by atoms with E-state index in [-0.39, 0.29) is 22.2 Å². The summed E-state index contributed by atoms with van der Waals surface area (Å²) in [6.07, 6.45) is 0.630. The quantitative estimate of drug-likeness (QED) is 0.455. The number of hydrogen-bond donors (Lipinski definition) is 0. The number of hydrogen-bond acceptors (Lipinski definition) is 4. The van der Waals surface area contributed by atoms with Crippen molar-refractivity contribution in [2.75, 3.05) is 0 Å². The summed E-state index contributed by atoms with van der Waals surface area (Å²) in [5.74, 6) is 0.386. The van der Waals surface area contributed by atoms with Gasteiger partial charge in [0.25, 0.3) is 5.69 Å². The van der Waals surface area contributed by atoms with Crippen LogP contribution < -0.4 is 4.74 Å². The predicted octanol–water partition coefficient (Wildman–Crippen LogP) is 4.62. The lowest BCUT2D eigenvalue weighted by Gasteiger charge is -2.09. The van der Waals surface area contributed by atoms with Crippen LogP contribution in [0.5, 0.6) is 11.5 Å². The van der Waals surface area contributed by atoms with Gasteiger partial charge in [-0.1, -0.05) is 27.5 Å². The lowest BCUT2D eigenvalue weighted by molar-refractivity contribution is -0.384. The van der Waals surface area contributed by atoms with Crippen molar-refractivity contribution in [1.29, 1.82) is 0 Å². The molecular formula is C13H7BrClNO4. The molecular weight excluding hydrogens is 350 g/mol. The summed E-state index contributed by atoms with van der Waals surface area (Å²) in [6, 6.07) is 8.69. The molecule has 0 atom stereocenters. The van der Waals surface area contributed by atoms with Crippen LogP contribution in [0.15, 0.2) is 40.9 Å². The second kappa shape index (κ2) is 6.02. The molecule has 0 aromatic heterocycles. The summed E-state index contributed by atoms with van der Waals surface area (Å²) in [5, 5.41) is 10.9. The maximum atomic E-state index is 11.0. The topological polar surface area (TPSA) is 69.4 Å². The summed E-state index contributed by atoms with van der Waals surface area (Å²) in [6.45, 7) is 0. The minimum Gasteiger partial charge on any atom is -0.455 e. The van der Waals surface area contributed by atoms with Gasteiger partial charge in [0.1, 0.15) is 5.75 Å². The molecule has 0 aliphatic carbocycles. The van der Waals surface area contributed by atoms with Gasteiger partial charge in [0.15, 0.2) is 12.0 Å². The zero-order valence-corrected chi connectivity index (χ0v) is 12.2. The SMILES string of the molecule is O=Cc1cc(Br)ccc1Oc1cc([N+](=O)[O-])ccc1Cl. The van der Waals surface area contributed by atoms with E-state index in [4.69, 9.17) is 16.3 Å². The summed E-state index contributed by atoms with van der Waals surface area (Å²) in [4.78, 5) is 21.2. The molecule has 5 nitrogen and oxygen atoms in total.